The minimum absolute atomic E-state index is 0.0959. The van der Waals surface area contributed by atoms with Gasteiger partial charge in [-0.3, -0.25) is 14.8 Å². The first-order chi connectivity index (χ1) is 13.5. The quantitative estimate of drug-likeness (QED) is 0.559. The van der Waals surface area contributed by atoms with Crippen LogP contribution in [0.25, 0.3) is 11.0 Å². The van der Waals surface area contributed by atoms with Gasteiger partial charge in [0.15, 0.2) is 11.3 Å². The van der Waals surface area contributed by atoms with Crippen LogP contribution in [0.15, 0.2) is 87.4 Å². The third-order valence-electron chi connectivity index (χ3n) is 4.14. The van der Waals surface area contributed by atoms with Crippen molar-refractivity contribution in [2.24, 2.45) is 0 Å². The highest BCUT2D eigenvalue weighted by molar-refractivity contribution is 7.91. The third kappa shape index (κ3) is 3.49. The number of hydrogen-bond acceptors (Lipinski definition) is 6. The molecule has 0 aliphatic rings. The molecule has 3 aromatic heterocycles. The average Bonchev–Trinajstić information content (AvgIpc) is 3.17. The van der Waals surface area contributed by atoms with Gasteiger partial charge in [0.05, 0.1) is 28.2 Å². The van der Waals surface area contributed by atoms with Crippen LogP contribution in [0.1, 0.15) is 16.2 Å². The summed E-state index contributed by atoms with van der Waals surface area (Å²) in [4.78, 5) is 20.6. The summed E-state index contributed by atoms with van der Waals surface area (Å²) in [6.07, 6.45) is 4.45. The van der Waals surface area contributed by atoms with Crippen molar-refractivity contribution in [3.63, 3.8) is 0 Å². The summed E-state index contributed by atoms with van der Waals surface area (Å²) >= 11 is 0. The molecule has 1 N–H and O–H groups in total. The van der Waals surface area contributed by atoms with E-state index >= 15 is 0 Å². The van der Waals surface area contributed by atoms with E-state index in [0.717, 1.165) is 5.39 Å². The number of hydrogen-bond donors (Lipinski definition) is 1. The second-order valence-electron chi connectivity index (χ2n) is 6.01. The Morgan fingerprint density at radius 3 is 2.54 bits per heavy atom. The Morgan fingerprint density at radius 2 is 1.82 bits per heavy atom. The number of aromatic nitrogens is 2. The van der Waals surface area contributed by atoms with Gasteiger partial charge >= 0.3 is 0 Å². The molecule has 0 atom stereocenters. The van der Waals surface area contributed by atoms with E-state index in [9.17, 15) is 13.2 Å². The van der Waals surface area contributed by atoms with Crippen molar-refractivity contribution < 1.29 is 17.6 Å². The molecule has 0 unspecified atom stereocenters. The maximum atomic E-state index is 12.6. The standard InChI is InChI=1S/C20H15N3O4S/c24-20(18-10-14-8-9-21-13-19(14)27-18)23-11-15-6-7-17(12-22-15)28(25,26)16-4-2-1-3-5-16/h1-10,12-13H,11H2,(H,23,24). The maximum Gasteiger partial charge on any atom is 0.287 e. The second kappa shape index (κ2) is 7.24. The number of furan rings is 1. The zero-order valence-corrected chi connectivity index (χ0v) is 15.4. The molecule has 3 heterocycles. The number of carbonyl (C=O) groups excluding carboxylic acids is 1. The number of amides is 1. The van der Waals surface area contributed by atoms with Gasteiger partial charge in [-0.25, -0.2) is 8.42 Å². The smallest absolute Gasteiger partial charge is 0.287 e. The summed E-state index contributed by atoms with van der Waals surface area (Å²) in [5.41, 5.74) is 1.05. The predicted octanol–water partition coefficient (Wildman–Crippen LogP) is 2.99. The monoisotopic (exact) mass is 393 g/mol. The molecular weight excluding hydrogens is 378 g/mol. The van der Waals surface area contributed by atoms with E-state index in [-0.39, 0.29) is 28.0 Å². The molecule has 0 bridgehead atoms. The Balaban J connectivity index is 1.45. The summed E-state index contributed by atoms with van der Waals surface area (Å²) in [5.74, 6) is -0.217. The highest BCUT2D eigenvalue weighted by Crippen LogP contribution is 2.20. The van der Waals surface area contributed by atoms with Crippen molar-refractivity contribution in [3.8, 4) is 0 Å². The largest absolute Gasteiger partial charge is 0.449 e. The van der Waals surface area contributed by atoms with Crippen LogP contribution in [0.5, 0.6) is 0 Å². The van der Waals surface area contributed by atoms with Gasteiger partial charge in [0.25, 0.3) is 5.91 Å². The molecule has 0 saturated carbocycles. The van der Waals surface area contributed by atoms with E-state index < -0.39 is 9.84 Å². The Morgan fingerprint density at radius 1 is 1.00 bits per heavy atom. The minimum Gasteiger partial charge on any atom is -0.449 e. The van der Waals surface area contributed by atoms with Crippen molar-refractivity contribution in [2.75, 3.05) is 0 Å². The van der Waals surface area contributed by atoms with Gasteiger partial charge in [-0.05, 0) is 36.4 Å². The lowest BCUT2D eigenvalue weighted by molar-refractivity contribution is 0.0925. The molecule has 28 heavy (non-hydrogen) atoms. The summed E-state index contributed by atoms with van der Waals surface area (Å²) in [7, 11) is -3.62. The van der Waals surface area contributed by atoms with Crippen LogP contribution in [-0.2, 0) is 16.4 Å². The zero-order chi connectivity index (χ0) is 19.6. The van der Waals surface area contributed by atoms with Gasteiger partial charge < -0.3 is 9.73 Å². The average molecular weight is 393 g/mol. The van der Waals surface area contributed by atoms with Gasteiger partial charge in [0.1, 0.15) is 0 Å². The lowest BCUT2D eigenvalue weighted by Crippen LogP contribution is -2.22. The van der Waals surface area contributed by atoms with Crippen LogP contribution in [-0.4, -0.2) is 24.3 Å². The van der Waals surface area contributed by atoms with E-state index in [2.05, 4.69) is 15.3 Å². The van der Waals surface area contributed by atoms with E-state index in [0.29, 0.717) is 11.3 Å². The van der Waals surface area contributed by atoms with Gasteiger partial charge in [0.2, 0.25) is 9.84 Å². The molecule has 7 nitrogen and oxygen atoms in total. The summed E-state index contributed by atoms with van der Waals surface area (Å²) in [6.45, 7) is 0.139. The number of nitrogens with zero attached hydrogens (tertiary/aromatic N) is 2. The highest BCUT2D eigenvalue weighted by atomic mass is 32.2. The lowest BCUT2D eigenvalue weighted by atomic mass is 10.3. The Hall–Kier alpha value is -3.52. The molecule has 0 aliphatic carbocycles. The third-order valence-corrected chi connectivity index (χ3v) is 5.89. The van der Waals surface area contributed by atoms with Crippen molar-refractivity contribution in [3.05, 3.63) is 84.6 Å². The minimum atomic E-state index is -3.62. The molecule has 1 amide bonds. The van der Waals surface area contributed by atoms with E-state index in [1.807, 2.05) is 0 Å². The van der Waals surface area contributed by atoms with Crippen molar-refractivity contribution in [1.29, 1.82) is 0 Å². The van der Waals surface area contributed by atoms with E-state index in [1.54, 1.807) is 48.8 Å². The molecule has 4 aromatic rings. The fourth-order valence-electron chi connectivity index (χ4n) is 2.66. The van der Waals surface area contributed by atoms with Crippen molar-refractivity contribution >= 4 is 26.7 Å². The number of carbonyl (C=O) groups is 1. The van der Waals surface area contributed by atoms with Crippen LogP contribution in [0.4, 0.5) is 0 Å². The van der Waals surface area contributed by atoms with Crippen LogP contribution < -0.4 is 5.32 Å². The molecule has 4 rings (SSSR count). The fraction of sp³-hybridized carbons (Fsp3) is 0.0500. The SMILES string of the molecule is O=C(NCc1ccc(S(=O)(=O)c2ccccc2)cn1)c1cc2ccncc2o1. The maximum absolute atomic E-state index is 12.6. The number of pyridine rings is 2. The van der Waals surface area contributed by atoms with Crippen LogP contribution >= 0.6 is 0 Å². The predicted molar refractivity (Wildman–Crippen MR) is 101 cm³/mol. The first-order valence-electron chi connectivity index (χ1n) is 8.41. The molecule has 0 aliphatic heterocycles. The van der Waals surface area contributed by atoms with Gasteiger partial charge in [-0.15, -0.1) is 0 Å². The van der Waals surface area contributed by atoms with E-state index in [4.69, 9.17) is 4.42 Å². The number of nitrogens with one attached hydrogen (secondary N) is 1. The second-order valence-corrected chi connectivity index (χ2v) is 7.96. The van der Waals surface area contributed by atoms with E-state index in [1.165, 1.54) is 24.4 Å². The summed E-state index contributed by atoms with van der Waals surface area (Å²) in [6, 6.07) is 14.6. The van der Waals surface area contributed by atoms with Crippen LogP contribution in [0, 0.1) is 0 Å². The molecule has 0 spiro atoms. The van der Waals surface area contributed by atoms with Gasteiger partial charge in [-0.2, -0.15) is 0 Å². The molecule has 8 heteroatoms. The molecule has 0 radical (unpaired) electrons. The first kappa shape index (κ1) is 17.9. The number of sulfone groups is 1. The summed E-state index contributed by atoms with van der Waals surface area (Å²) < 4.78 is 30.6. The van der Waals surface area contributed by atoms with Crippen molar-refractivity contribution in [1.82, 2.24) is 15.3 Å². The van der Waals surface area contributed by atoms with Crippen LogP contribution in [0.2, 0.25) is 0 Å². The molecular formula is C20H15N3O4S. The number of benzene rings is 1. The van der Waals surface area contributed by atoms with Gasteiger partial charge in [-0.1, -0.05) is 18.2 Å². The molecule has 1 aromatic carbocycles. The topological polar surface area (TPSA) is 102 Å². The van der Waals surface area contributed by atoms with Gasteiger partial charge in [0, 0.05) is 17.8 Å². The Labute approximate surface area is 161 Å². The van der Waals surface area contributed by atoms with Crippen LogP contribution in [0.3, 0.4) is 0 Å². The molecule has 140 valence electrons. The van der Waals surface area contributed by atoms with Crippen molar-refractivity contribution in [2.45, 2.75) is 16.3 Å². The number of fused-ring (bicyclic) bond motifs is 1. The first-order valence-corrected chi connectivity index (χ1v) is 9.89. The number of rotatable bonds is 5. The highest BCUT2D eigenvalue weighted by Gasteiger charge is 2.18. The molecule has 0 fully saturated rings. The normalized spacial score (nSPS) is 11.4. The lowest BCUT2D eigenvalue weighted by Gasteiger charge is -2.06. The molecule has 0 saturated heterocycles. The zero-order valence-electron chi connectivity index (χ0n) is 14.6. The summed E-state index contributed by atoms with van der Waals surface area (Å²) in [5, 5.41) is 3.49. The Bertz CT molecular complexity index is 1200. The Kier molecular flexibility index (Phi) is 4.62. The fourth-order valence-corrected chi connectivity index (χ4v) is 3.89.